The fourth-order valence-corrected chi connectivity index (χ4v) is 0.479. The van der Waals surface area contributed by atoms with E-state index in [1.807, 2.05) is 0 Å². The minimum Gasteiger partial charge on any atom is -0.211 e. The smallest absolute Gasteiger partial charge is 0.211 e. The number of rotatable bonds is 1. The van der Waals surface area contributed by atoms with Crippen LogP contribution in [0.15, 0.2) is 35.3 Å². The summed E-state index contributed by atoms with van der Waals surface area (Å²) in [5.74, 6) is -0.178. The largest absolute Gasteiger partial charge is 0.234 e. The van der Waals surface area contributed by atoms with Gasteiger partial charge in [0.15, 0.2) is 0 Å². The van der Waals surface area contributed by atoms with E-state index >= 15 is 0 Å². The topological polar surface area (TPSA) is 29.4 Å². The Balaban J connectivity index is 0.000000217. The maximum atomic E-state index is 11.9. The van der Waals surface area contributed by atoms with Crippen molar-refractivity contribution in [3.05, 3.63) is 36.1 Å². The summed E-state index contributed by atoms with van der Waals surface area (Å²) in [4.78, 5) is 12.3. The number of hydrogen-bond acceptors (Lipinski definition) is 2. The van der Waals surface area contributed by atoms with E-state index in [-0.39, 0.29) is 5.82 Å². The van der Waals surface area contributed by atoms with E-state index < -0.39 is 0 Å². The molecule has 0 amide bonds. The molecular weight excluding hydrogens is 157 g/mol. The molecule has 0 heterocycles. The number of nitrogens with zero attached hydrogens (tertiary/aromatic N) is 1. The fourth-order valence-electron chi connectivity index (χ4n) is 0.479. The van der Waals surface area contributed by atoms with Gasteiger partial charge in [0.25, 0.3) is 0 Å². The van der Waals surface area contributed by atoms with Crippen LogP contribution in [0.25, 0.3) is 0 Å². The summed E-state index contributed by atoms with van der Waals surface area (Å²) in [6.07, 6.45) is 1.39. The lowest BCUT2D eigenvalue weighted by molar-refractivity contribution is 0.563. The van der Waals surface area contributed by atoms with Crippen LogP contribution in [0.2, 0.25) is 0 Å². The van der Waals surface area contributed by atoms with Crippen molar-refractivity contribution in [3.63, 3.8) is 0 Å². The lowest BCUT2D eigenvalue weighted by Crippen LogP contribution is -1.63. The van der Waals surface area contributed by atoms with Gasteiger partial charge in [0.2, 0.25) is 6.08 Å². The third-order valence-corrected chi connectivity index (χ3v) is 0.956. The summed E-state index contributed by atoms with van der Waals surface area (Å²) in [5, 5.41) is 0. The van der Waals surface area contributed by atoms with Crippen LogP contribution in [0.5, 0.6) is 0 Å². The summed E-state index contributed by atoms with van der Waals surface area (Å²) in [6, 6.07) is 7.94. The van der Waals surface area contributed by atoms with Crippen molar-refractivity contribution in [2.24, 2.45) is 4.99 Å². The molecule has 0 saturated carbocycles. The molecule has 1 rings (SSSR count). The summed E-state index contributed by atoms with van der Waals surface area (Å²) in [7, 11) is 0. The first-order valence-electron chi connectivity index (χ1n) is 3.55. The minimum absolute atomic E-state index is 0.178. The lowest BCUT2D eigenvalue weighted by atomic mass is 10.4. The fraction of sp³-hybridized carbons (Fsp3) is 0.222. The van der Waals surface area contributed by atoms with Gasteiger partial charge in [-0.2, -0.15) is 0 Å². The molecule has 0 N–H and O–H groups in total. The molecule has 0 bridgehead atoms. The number of isocyanates is 1. The molecule has 0 aliphatic heterocycles. The molecule has 0 atom stereocenters. The van der Waals surface area contributed by atoms with Crippen LogP contribution in [0, 0.1) is 5.82 Å². The van der Waals surface area contributed by atoms with E-state index in [0.717, 1.165) is 0 Å². The Morgan fingerprint density at radius 2 is 2.00 bits per heavy atom. The molecule has 1 aromatic rings. The van der Waals surface area contributed by atoms with Crippen molar-refractivity contribution < 1.29 is 9.18 Å². The van der Waals surface area contributed by atoms with E-state index in [4.69, 9.17) is 4.79 Å². The van der Waals surface area contributed by atoms with Gasteiger partial charge >= 0.3 is 0 Å². The van der Waals surface area contributed by atoms with E-state index in [9.17, 15) is 4.39 Å². The van der Waals surface area contributed by atoms with E-state index in [0.29, 0.717) is 6.54 Å². The predicted octanol–water partition coefficient (Wildman–Crippen LogP) is 2.17. The molecule has 0 saturated heterocycles. The number of carbonyl (C=O) groups excluding carboxylic acids is 1. The van der Waals surface area contributed by atoms with Crippen LogP contribution < -0.4 is 0 Å². The summed E-state index contributed by atoms with van der Waals surface area (Å²) in [6.45, 7) is 2.33. The van der Waals surface area contributed by atoms with Crippen LogP contribution in [0.1, 0.15) is 6.92 Å². The number of benzene rings is 1. The summed E-state index contributed by atoms with van der Waals surface area (Å²) >= 11 is 0. The Kier molecular flexibility index (Phi) is 6.70. The molecule has 3 heteroatoms. The van der Waals surface area contributed by atoms with Crippen molar-refractivity contribution in [2.75, 3.05) is 6.54 Å². The first-order chi connectivity index (χ1) is 5.81. The molecule has 0 unspecified atom stereocenters. The quantitative estimate of drug-likeness (QED) is 0.465. The van der Waals surface area contributed by atoms with Crippen molar-refractivity contribution in [1.29, 1.82) is 0 Å². The van der Waals surface area contributed by atoms with Gasteiger partial charge in [0.1, 0.15) is 5.82 Å². The number of halogens is 1. The molecule has 0 fully saturated rings. The molecule has 0 aliphatic rings. The Labute approximate surface area is 70.8 Å². The maximum absolute atomic E-state index is 11.9. The Morgan fingerprint density at radius 1 is 1.42 bits per heavy atom. The van der Waals surface area contributed by atoms with Crippen molar-refractivity contribution in [2.45, 2.75) is 6.92 Å². The SMILES string of the molecule is CCN=C=O.Fc1ccccc1. The second-order valence-corrected chi connectivity index (χ2v) is 1.86. The van der Waals surface area contributed by atoms with Gasteiger partial charge < -0.3 is 0 Å². The van der Waals surface area contributed by atoms with Crippen LogP contribution in [-0.2, 0) is 4.79 Å². The van der Waals surface area contributed by atoms with Crippen LogP contribution >= 0.6 is 0 Å². The highest BCUT2D eigenvalue weighted by molar-refractivity contribution is 5.32. The van der Waals surface area contributed by atoms with Gasteiger partial charge in [-0.25, -0.2) is 14.2 Å². The standard InChI is InChI=1S/C6H5F.C3H5NO/c7-6-4-2-1-3-5-6;1-2-4-3-5/h1-5H;2H2,1H3. The minimum atomic E-state index is -0.178. The van der Waals surface area contributed by atoms with Gasteiger partial charge in [-0.15, -0.1) is 0 Å². The Morgan fingerprint density at radius 3 is 2.17 bits per heavy atom. The van der Waals surface area contributed by atoms with Gasteiger partial charge in [0.05, 0.1) is 0 Å². The van der Waals surface area contributed by atoms with Crippen LogP contribution in [-0.4, -0.2) is 12.6 Å². The molecule has 0 aliphatic carbocycles. The molecular formula is C9H10FNO. The highest BCUT2D eigenvalue weighted by Crippen LogP contribution is 1.91. The zero-order valence-corrected chi connectivity index (χ0v) is 6.83. The maximum Gasteiger partial charge on any atom is 0.234 e. The van der Waals surface area contributed by atoms with Gasteiger partial charge in [-0.05, 0) is 19.1 Å². The van der Waals surface area contributed by atoms with Crippen molar-refractivity contribution in [3.8, 4) is 0 Å². The van der Waals surface area contributed by atoms with Crippen LogP contribution in [0.3, 0.4) is 0 Å². The Bertz CT molecular complexity index is 242. The third kappa shape index (κ3) is 6.65. The Hall–Kier alpha value is -1.47. The zero-order valence-electron chi connectivity index (χ0n) is 6.83. The van der Waals surface area contributed by atoms with Crippen LogP contribution in [0.4, 0.5) is 4.39 Å². The van der Waals surface area contributed by atoms with Gasteiger partial charge in [-0.3, -0.25) is 0 Å². The second-order valence-electron chi connectivity index (χ2n) is 1.86. The highest BCUT2D eigenvalue weighted by Gasteiger charge is 1.77. The van der Waals surface area contributed by atoms with E-state index in [2.05, 4.69) is 4.99 Å². The third-order valence-electron chi connectivity index (χ3n) is 0.956. The second kappa shape index (κ2) is 7.63. The van der Waals surface area contributed by atoms with E-state index in [1.165, 1.54) is 18.2 Å². The number of aliphatic imine (C=N–C) groups is 1. The molecule has 64 valence electrons. The van der Waals surface area contributed by atoms with Gasteiger partial charge in [0, 0.05) is 6.54 Å². The molecule has 0 radical (unpaired) electrons. The normalized spacial score (nSPS) is 7.50. The molecule has 12 heavy (non-hydrogen) atoms. The molecule has 2 nitrogen and oxygen atoms in total. The zero-order chi connectivity index (χ0) is 9.23. The summed E-state index contributed by atoms with van der Waals surface area (Å²) < 4.78 is 11.9. The average molecular weight is 167 g/mol. The molecule has 1 aromatic carbocycles. The average Bonchev–Trinajstić information content (AvgIpc) is 2.08. The van der Waals surface area contributed by atoms with Gasteiger partial charge in [-0.1, -0.05) is 18.2 Å². The van der Waals surface area contributed by atoms with Crippen molar-refractivity contribution >= 4 is 6.08 Å². The van der Waals surface area contributed by atoms with Crippen molar-refractivity contribution in [1.82, 2.24) is 0 Å². The predicted molar refractivity (Wildman–Crippen MR) is 45.1 cm³/mol. The first-order valence-corrected chi connectivity index (χ1v) is 3.55. The highest BCUT2D eigenvalue weighted by atomic mass is 19.1. The monoisotopic (exact) mass is 167 g/mol. The lowest BCUT2D eigenvalue weighted by Gasteiger charge is -1.78. The molecule has 0 aromatic heterocycles. The van der Waals surface area contributed by atoms with E-state index in [1.54, 1.807) is 25.1 Å². The molecule has 0 spiro atoms. The first kappa shape index (κ1) is 10.5. The summed E-state index contributed by atoms with van der Waals surface area (Å²) in [5.41, 5.74) is 0. The number of hydrogen-bond donors (Lipinski definition) is 0.